The number of ether oxygens (including phenoxy) is 1. The maximum Gasteiger partial charge on any atom is 0.285 e. The fraction of sp³-hybridized carbons (Fsp3) is 0.250. The van der Waals surface area contributed by atoms with Gasteiger partial charge in [0.2, 0.25) is 5.91 Å². The highest BCUT2D eigenvalue weighted by Gasteiger charge is 2.33. The van der Waals surface area contributed by atoms with Crippen molar-refractivity contribution >= 4 is 34.0 Å². The minimum atomic E-state index is -0.296. The van der Waals surface area contributed by atoms with Gasteiger partial charge in [0, 0.05) is 5.56 Å². The van der Waals surface area contributed by atoms with E-state index in [1.54, 1.807) is 12.0 Å². The highest BCUT2D eigenvalue weighted by atomic mass is 16.5. The van der Waals surface area contributed by atoms with Crippen LogP contribution in [0.15, 0.2) is 60.7 Å². The Balaban J connectivity index is 1.51. The van der Waals surface area contributed by atoms with Gasteiger partial charge in [-0.25, -0.2) is 0 Å². The van der Waals surface area contributed by atoms with Gasteiger partial charge in [0.05, 0.1) is 25.5 Å². The van der Waals surface area contributed by atoms with Crippen LogP contribution >= 0.6 is 0 Å². The van der Waals surface area contributed by atoms with Gasteiger partial charge in [0.1, 0.15) is 18.8 Å². The standard InChI is InChI=1S/C24H25N3O3/c1-16(24(29)27-15-23(28)25-21-6-4-5-7-22(21)27)26(2)14-17-8-9-19-13-20(30-3)11-10-18(19)12-17/h4-13,16H,14-15H2,1-3H3,(H,25,28)/p+1/t16-/m1/s1. The van der Waals surface area contributed by atoms with E-state index in [0.29, 0.717) is 12.2 Å². The Morgan fingerprint density at radius 2 is 1.87 bits per heavy atom. The van der Waals surface area contributed by atoms with Crippen molar-refractivity contribution in [3.05, 3.63) is 66.2 Å². The number of rotatable bonds is 5. The molecule has 0 aliphatic carbocycles. The third-order valence-corrected chi connectivity index (χ3v) is 5.74. The van der Waals surface area contributed by atoms with Crippen LogP contribution in [0.5, 0.6) is 5.75 Å². The fourth-order valence-electron chi connectivity index (χ4n) is 3.86. The van der Waals surface area contributed by atoms with Crippen LogP contribution < -0.4 is 19.9 Å². The molecule has 2 atom stereocenters. The van der Waals surface area contributed by atoms with E-state index in [-0.39, 0.29) is 24.4 Å². The molecular weight excluding hydrogens is 378 g/mol. The molecule has 0 aromatic heterocycles. The molecule has 0 saturated heterocycles. The summed E-state index contributed by atoms with van der Waals surface area (Å²) in [6, 6.07) is 19.5. The lowest BCUT2D eigenvalue weighted by Crippen LogP contribution is -3.12. The second kappa shape index (κ2) is 8.16. The number of likely N-dealkylation sites (N-methyl/N-ethyl adjacent to an activating group) is 1. The first-order valence-electron chi connectivity index (χ1n) is 10.1. The summed E-state index contributed by atoms with van der Waals surface area (Å²) in [5.41, 5.74) is 2.58. The van der Waals surface area contributed by atoms with Gasteiger partial charge in [-0.05, 0) is 48.0 Å². The Bertz CT molecular complexity index is 1110. The minimum Gasteiger partial charge on any atom is -0.497 e. The van der Waals surface area contributed by atoms with Crippen molar-refractivity contribution in [1.29, 1.82) is 0 Å². The Labute approximate surface area is 176 Å². The van der Waals surface area contributed by atoms with Gasteiger partial charge in [-0.15, -0.1) is 0 Å². The van der Waals surface area contributed by atoms with Crippen molar-refractivity contribution in [1.82, 2.24) is 0 Å². The molecule has 1 unspecified atom stereocenters. The molecule has 4 rings (SSSR count). The molecule has 0 bridgehead atoms. The average Bonchev–Trinajstić information content (AvgIpc) is 2.77. The predicted octanol–water partition coefficient (Wildman–Crippen LogP) is 2.24. The first-order chi connectivity index (χ1) is 14.5. The lowest BCUT2D eigenvalue weighted by molar-refractivity contribution is -0.908. The summed E-state index contributed by atoms with van der Waals surface area (Å²) in [5, 5.41) is 5.09. The number of methoxy groups -OCH3 is 1. The van der Waals surface area contributed by atoms with Crippen molar-refractivity contribution in [3.63, 3.8) is 0 Å². The SMILES string of the molecule is COc1ccc2cc(C[NH+](C)[C@H](C)C(=O)N3CC(=O)Nc4ccccc43)ccc2c1. The molecule has 1 aliphatic heterocycles. The maximum atomic E-state index is 13.2. The van der Waals surface area contributed by atoms with Crippen LogP contribution in [0.3, 0.4) is 0 Å². The highest BCUT2D eigenvalue weighted by molar-refractivity contribution is 6.10. The quantitative estimate of drug-likeness (QED) is 0.686. The van der Waals surface area contributed by atoms with E-state index in [4.69, 9.17) is 4.74 Å². The first-order valence-corrected chi connectivity index (χ1v) is 10.1. The summed E-state index contributed by atoms with van der Waals surface area (Å²) in [7, 11) is 3.67. The molecule has 0 fully saturated rings. The van der Waals surface area contributed by atoms with Crippen molar-refractivity contribution in [2.45, 2.75) is 19.5 Å². The monoisotopic (exact) mass is 404 g/mol. The van der Waals surface area contributed by atoms with Crippen LogP contribution in [0.25, 0.3) is 10.8 Å². The number of amides is 2. The van der Waals surface area contributed by atoms with E-state index < -0.39 is 0 Å². The number of anilines is 2. The summed E-state index contributed by atoms with van der Waals surface area (Å²) in [6.07, 6.45) is 0. The second-order valence-electron chi connectivity index (χ2n) is 7.78. The molecule has 1 heterocycles. The molecule has 2 N–H and O–H groups in total. The van der Waals surface area contributed by atoms with E-state index in [1.165, 1.54) is 0 Å². The molecule has 1 aliphatic rings. The zero-order chi connectivity index (χ0) is 21.3. The van der Waals surface area contributed by atoms with Gasteiger partial charge in [0.25, 0.3) is 5.91 Å². The van der Waals surface area contributed by atoms with Crippen LogP contribution in [-0.4, -0.2) is 38.6 Å². The largest absolute Gasteiger partial charge is 0.497 e. The first kappa shape index (κ1) is 19.9. The number of carbonyl (C=O) groups is 2. The van der Waals surface area contributed by atoms with Crippen molar-refractivity contribution < 1.29 is 19.2 Å². The third kappa shape index (κ3) is 3.86. The zero-order valence-corrected chi connectivity index (χ0v) is 17.4. The molecule has 0 spiro atoms. The molecule has 0 saturated carbocycles. The van der Waals surface area contributed by atoms with Crippen molar-refractivity contribution in [2.24, 2.45) is 0 Å². The summed E-state index contributed by atoms with van der Waals surface area (Å²) < 4.78 is 5.29. The Kier molecular flexibility index (Phi) is 5.42. The molecule has 154 valence electrons. The number of fused-ring (bicyclic) bond motifs is 2. The number of quaternary nitrogens is 1. The molecule has 6 nitrogen and oxygen atoms in total. The number of nitrogens with zero attached hydrogens (tertiary/aromatic N) is 1. The Morgan fingerprint density at radius 1 is 1.13 bits per heavy atom. The fourth-order valence-corrected chi connectivity index (χ4v) is 3.86. The number of hydrogen-bond donors (Lipinski definition) is 2. The predicted molar refractivity (Wildman–Crippen MR) is 118 cm³/mol. The topological polar surface area (TPSA) is 63.1 Å². The van der Waals surface area contributed by atoms with Gasteiger partial charge < -0.3 is 15.0 Å². The number of carbonyl (C=O) groups excluding carboxylic acids is 2. The Hall–Kier alpha value is -3.38. The maximum absolute atomic E-state index is 13.2. The molecule has 0 radical (unpaired) electrons. The lowest BCUT2D eigenvalue weighted by atomic mass is 10.1. The van der Waals surface area contributed by atoms with E-state index in [0.717, 1.165) is 32.7 Å². The normalized spacial score (nSPS) is 15.3. The van der Waals surface area contributed by atoms with E-state index >= 15 is 0 Å². The molecule has 30 heavy (non-hydrogen) atoms. The van der Waals surface area contributed by atoms with Gasteiger partial charge in [-0.3, -0.25) is 14.5 Å². The van der Waals surface area contributed by atoms with Gasteiger partial charge in [0.15, 0.2) is 6.04 Å². The number of nitrogens with one attached hydrogen (secondary N) is 2. The number of benzene rings is 3. The molecule has 6 heteroatoms. The van der Waals surface area contributed by atoms with Gasteiger partial charge >= 0.3 is 0 Å². The van der Waals surface area contributed by atoms with E-state index in [2.05, 4.69) is 23.5 Å². The molecule has 2 amide bonds. The van der Waals surface area contributed by atoms with Crippen LogP contribution in [-0.2, 0) is 16.1 Å². The van der Waals surface area contributed by atoms with Crippen LogP contribution in [0, 0.1) is 0 Å². The average molecular weight is 404 g/mol. The molecule has 3 aromatic carbocycles. The van der Waals surface area contributed by atoms with E-state index in [1.807, 2.05) is 56.4 Å². The van der Waals surface area contributed by atoms with Crippen molar-refractivity contribution in [2.75, 3.05) is 30.9 Å². The number of para-hydroxylation sites is 2. The molecular formula is C24H26N3O3+. The van der Waals surface area contributed by atoms with E-state index in [9.17, 15) is 9.59 Å². The zero-order valence-electron chi connectivity index (χ0n) is 17.4. The van der Waals surface area contributed by atoms with Gasteiger partial charge in [-0.1, -0.05) is 30.3 Å². The minimum absolute atomic E-state index is 0.0469. The van der Waals surface area contributed by atoms with Gasteiger partial charge in [-0.2, -0.15) is 0 Å². The second-order valence-corrected chi connectivity index (χ2v) is 7.78. The van der Waals surface area contributed by atoms with Crippen LogP contribution in [0.4, 0.5) is 11.4 Å². The summed E-state index contributed by atoms with van der Waals surface area (Å²) in [5.74, 6) is 0.611. The lowest BCUT2D eigenvalue weighted by Gasteiger charge is -2.32. The smallest absolute Gasteiger partial charge is 0.285 e. The highest BCUT2D eigenvalue weighted by Crippen LogP contribution is 2.29. The summed E-state index contributed by atoms with van der Waals surface area (Å²) in [4.78, 5) is 28.0. The summed E-state index contributed by atoms with van der Waals surface area (Å²) >= 11 is 0. The Morgan fingerprint density at radius 3 is 2.67 bits per heavy atom. The van der Waals surface area contributed by atoms with Crippen molar-refractivity contribution in [3.8, 4) is 5.75 Å². The van der Waals surface area contributed by atoms with Crippen LogP contribution in [0.2, 0.25) is 0 Å². The van der Waals surface area contributed by atoms with Crippen LogP contribution in [0.1, 0.15) is 12.5 Å². The molecule has 3 aromatic rings. The third-order valence-electron chi connectivity index (χ3n) is 5.74. The number of hydrogen-bond acceptors (Lipinski definition) is 3. The summed E-state index contributed by atoms with van der Waals surface area (Å²) in [6.45, 7) is 2.67.